The molecular weight excluding hydrogens is 336 g/mol. The smallest absolute Gasteiger partial charge is 0.278 e. The van der Waals surface area contributed by atoms with Crippen molar-refractivity contribution >= 4 is 5.91 Å². The van der Waals surface area contributed by atoms with Crippen LogP contribution in [0, 0.1) is 17.2 Å². The van der Waals surface area contributed by atoms with Gasteiger partial charge in [-0.3, -0.25) is 4.79 Å². The molecule has 0 spiro atoms. The molecule has 146 valence electrons. The highest BCUT2D eigenvalue weighted by atomic mass is 16.2. The minimum absolute atomic E-state index is 0.0376. The average molecular weight is 371 g/mol. The van der Waals surface area contributed by atoms with Crippen molar-refractivity contribution in [3.63, 3.8) is 0 Å². The van der Waals surface area contributed by atoms with Crippen molar-refractivity contribution in [1.82, 2.24) is 5.32 Å². The van der Waals surface area contributed by atoms with Crippen molar-refractivity contribution in [2.45, 2.75) is 58.2 Å². The summed E-state index contributed by atoms with van der Waals surface area (Å²) in [5, 5.41) is 12.2. The van der Waals surface area contributed by atoms with E-state index in [4.69, 9.17) is 5.26 Å². The van der Waals surface area contributed by atoms with E-state index in [0.29, 0.717) is 12.0 Å². The van der Waals surface area contributed by atoms with E-state index in [0.717, 1.165) is 44.7 Å². The second-order valence-electron chi connectivity index (χ2n) is 8.49. The van der Waals surface area contributed by atoms with Gasteiger partial charge in [-0.25, -0.2) is 0 Å². The number of nitrogens with one attached hydrogen (secondary N) is 3. The van der Waals surface area contributed by atoms with Crippen LogP contribution in [0.3, 0.4) is 0 Å². The number of rotatable bonds is 5. The van der Waals surface area contributed by atoms with Gasteiger partial charge in [-0.05, 0) is 37.8 Å². The van der Waals surface area contributed by atoms with Crippen LogP contribution in [0.2, 0.25) is 0 Å². The van der Waals surface area contributed by atoms with Crippen molar-refractivity contribution < 1.29 is 14.6 Å². The van der Waals surface area contributed by atoms with E-state index in [1.807, 2.05) is 12.1 Å². The predicted octanol–water partition coefficient (Wildman–Crippen LogP) is -0.0749. The Bertz CT molecular complexity index is 658. The van der Waals surface area contributed by atoms with Gasteiger partial charge in [0.1, 0.15) is 32.7 Å². The number of carbonyl (C=O) groups is 1. The molecule has 27 heavy (non-hydrogen) atoms. The van der Waals surface area contributed by atoms with Crippen molar-refractivity contribution in [1.29, 1.82) is 5.26 Å². The highest BCUT2D eigenvalue weighted by Gasteiger charge is 2.33. The predicted molar refractivity (Wildman–Crippen MR) is 105 cm³/mol. The largest absolute Gasteiger partial charge is 0.348 e. The minimum Gasteiger partial charge on any atom is -0.348 e. The Kier molecular flexibility index (Phi) is 6.87. The summed E-state index contributed by atoms with van der Waals surface area (Å²) in [6.07, 6.45) is 4.92. The Labute approximate surface area is 163 Å². The molecule has 0 radical (unpaired) electrons. The molecule has 5 heteroatoms. The Hall–Kier alpha value is -1.90. The maximum atomic E-state index is 12.7. The lowest BCUT2D eigenvalue weighted by Crippen LogP contribution is -3.29. The van der Waals surface area contributed by atoms with Crippen molar-refractivity contribution in [3.8, 4) is 6.07 Å². The molecule has 2 aliphatic rings. The Morgan fingerprint density at radius 3 is 2.48 bits per heavy atom. The zero-order valence-corrected chi connectivity index (χ0v) is 16.8. The summed E-state index contributed by atoms with van der Waals surface area (Å²) in [5.41, 5.74) is 2.00. The second kappa shape index (κ2) is 9.34. The lowest BCUT2D eigenvalue weighted by atomic mass is 9.86. The third kappa shape index (κ3) is 5.31. The average Bonchev–Trinajstić information content (AvgIpc) is 2.70. The molecule has 3 atom stereocenters. The fourth-order valence-electron chi connectivity index (χ4n) is 4.54. The summed E-state index contributed by atoms with van der Waals surface area (Å²) in [4.78, 5) is 15.7. The first-order valence-corrected chi connectivity index (χ1v) is 10.5. The van der Waals surface area contributed by atoms with Crippen molar-refractivity contribution in [2.75, 3.05) is 26.2 Å². The maximum absolute atomic E-state index is 12.7. The molecule has 1 aliphatic carbocycles. The normalized spacial score (nSPS) is 29.5. The van der Waals surface area contributed by atoms with Gasteiger partial charge >= 0.3 is 0 Å². The molecule has 1 aromatic rings. The van der Waals surface area contributed by atoms with Crippen molar-refractivity contribution in [2.24, 2.45) is 5.92 Å². The molecule has 0 bridgehead atoms. The second-order valence-corrected chi connectivity index (χ2v) is 8.49. The number of hydrogen-bond acceptors (Lipinski definition) is 2. The van der Waals surface area contributed by atoms with E-state index in [-0.39, 0.29) is 11.9 Å². The molecular formula is C22H34N4O+2. The van der Waals surface area contributed by atoms with E-state index in [2.05, 4.69) is 37.4 Å². The van der Waals surface area contributed by atoms with E-state index < -0.39 is 0 Å². The Balaban J connectivity index is 1.44. The number of nitrogens with zero attached hydrogens (tertiary/aromatic N) is 1. The molecule has 1 amide bonds. The van der Waals surface area contributed by atoms with E-state index >= 15 is 0 Å². The third-order valence-corrected chi connectivity index (χ3v) is 6.58. The number of hydrogen-bond donors (Lipinski definition) is 3. The standard InChI is InChI=1S/C22H32N4O/c1-17-5-3-4-6-21(17)24-22(27)18(2)26-13-11-25(12-14-26)16-20-9-7-19(15-23)8-10-20/h7-10,17-18,21H,3-6,11-14,16H2,1-2H3,(H,24,27)/p+2/t17-,18-,21-/m1/s1. The fraction of sp³-hybridized carbons (Fsp3) is 0.636. The Morgan fingerprint density at radius 1 is 1.19 bits per heavy atom. The van der Waals surface area contributed by atoms with Gasteiger partial charge in [0.05, 0.1) is 11.6 Å². The SMILES string of the molecule is C[C@@H]1CCCC[C@H]1NC(=O)[C@@H](C)[NH+]1CC[NH+](Cc2ccc(C#N)cc2)CC1. The number of benzene rings is 1. The van der Waals surface area contributed by atoms with E-state index in [1.165, 1.54) is 29.7 Å². The van der Waals surface area contributed by atoms with Crippen LogP contribution in [0.15, 0.2) is 24.3 Å². The molecule has 1 aliphatic heterocycles. The van der Waals surface area contributed by atoms with Crippen LogP contribution in [0.5, 0.6) is 0 Å². The van der Waals surface area contributed by atoms with Gasteiger partial charge in [-0.15, -0.1) is 0 Å². The number of nitriles is 1. The highest BCUT2D eigenvalue weighted by Crippen LogP contribution is 2.23. The highest BCUT2D eigenvalue weighted by molar-refractivity contribution is 5.80. The third-order valence-electron chi connectivity index (χ3n) is 6.58. The first kappa shape index (κ1) is 19.9. The molecule has 5 nitrogen and oxygen atoms in total. The molecule has 1 heterocycles. The van der Waals surface area contributed by atoms with E-state index in [1.54, 1.807) is 4.90 Å². The summed E-state index contributed by atoms with van der Waals surface area (Å²) in [7, 11) is 0. The van der Waals surface area contributed by atoms with Crippen LogP contribution in [-0.2, 0) is 11.3 Å². The van der Waals surface area contributed by atoms with Gasteiger partial charge < -0.3 is 15.1 Å². The van der Waals surface area contributed by atoms with Crippen LogP contribution >= 0.6 is 0 Å². The summed E-state index contributed by atoms with van der Waals surface area (Å²) in [6.45, 7) is 9.62. The van der Waals surface area contributed by atoms with Gasteiger partial charge in [0.2, 0.25) is 0 Å². The monoisotopic (exact) mass is 370 g/mol. The topological polar surface area (TPSA) is 61.8 Å². The van der Waals surface area contributed by atoms with Gasteiger partial charge in [0.15, 0.2) is 6.04 Å². The molecule has 1 saturated heterocycles. The van der Waals surface area contributed by atoms with Crippen LogP contribution in [0.1, 0.15) is 50.7 Å². The van der Waals surface area contributed by atoms with E-state index in [9.17, 15) is 4.79 Å². The summed E-state index contributed by atoms with van der Waals surface area (Å²) in [6, 6.07) is 10.5. The van der Waals surface area contributed by atoms with Gasteiger partial charge in [0, 0.05) is 11.6 Å². The van der Waals surface area contributed by atoms with Crippen LogP contribution < -0.4 is 15.1 Å². The van der Waals surface area contributed by atoms with Crippen LogP contribution in [0.25, 0.3) is 0 Å². The van der Waals surface area contributed by atoms with Crippen LogP contribution in [0.4, 0.5) is 0 Å². The molecule has 2 fully saturated rings. The molecule has 0 aromatic heterocycles. The van der Waals surface area contributed by atoms with Gasteiger partial charge in [-0.1, -0.05) is 31.9 Å². The number of quaternary nitrogens is 2. The zero-order chi connectivity index (χ0) is 19.2. The van der Waals surface area contributed by atoms with Gasteiger partial charge in [0.25, 0.3) is 5.91 Å². The lowest BCUT2D eigenvalue weighted by molar-refractivity contribution is -1.02. The fourth-order valence-corrected chi connectivity index (χ4v) is 4.54. The van der Waals surface area contributed by atoms with Crippen LogP contribution in [-0.4, -0.2) is 44.2 Å². The number of carbonyl (C=O) groups excluding carboxylic acids is 1. The quantitative estimate of drug-likeness (QED) is 0.679. The molecule has 1 saturated carbocycles. The number of piperazine rings is 1. The zero-order valence-electron chi connectivity index (χ0n) is 16.8. The molecule has 3 rings (SSSR count). The first-order valence-electron chi connectivity index (χ1n) is 10.5. The minimum atomic E-state index is 0.0376. The Morgan fingerprint density at radius 2 is 1.85 bits per heavy atom. The van der Waals surface area contributed by atoms with Gasteiger partial charge in [-0.2, -0.15) is 5.26 Å². The van der Waals surface area contributed by atoms with Crippen molar-refractivity contribution in [3.05, 3.63) is 35.4 Å². The molecule has 1 aromatic carbocycles. The lowest BCUT2D eigenvalue weighted by Gasteiger charge is -2.34. The molecule has 0 unspecified atom stereocenters. The number of amides is 1. The summed E-state index contributed by atoms with van der Waals surface area (Å²) < 4.78 is 0. The first-order chi connectivity index (χ1) is 13.1. The molecule has 3 N–H and O–H groups in total. The summed E-state index contributed by atoms with van der Waals surface area (Å²) in [5.74, 6) is 0.845. The summed E-state index contributed by atoms with van der Waals surface area (Å²) >= 11 is 0. The maximum Gasteiger partial charge on any atom is 0.278 e.